The standard InChI is InChI=1S/C17H21F3N2O3/c1-2-3-10-25-17(24)21-11-6-8-22(9-7-11)16(23)12-4-5-13(18)15(20)14(12)19/h4-5,11H,2-3,6-10H2,1H3,(H,21,24). The second-order valence-electron chi connectivity index (χ2n) is 5.92. The second kappa shape index (κ2) is 8.73. The number of ether oxygens (including phenoxy) is 1. The average Bonchev–Trinajstić information content (AvgIpc) is 2.60. The molecule has 0 saturated carbocycles. The zero-order valence-electron chi connectivity index (χ0n) is 14.0. The Labute approximate surface area is 144 Å². The SMILES string of the molecule is CCCCOC(=O)NC1CCN(C(=O)c2ccc(F)c(F)c2F)CC1. The minimum Gasteiger partial charge on any atom is -0.450 e. The molecule has 0 unspecified atom stereocenters. The molecule has 1 aromatic carbocycles. The van der Waals surface area contributed by atoms with Gasteiger partial charge in [-0.05, 0) is 31.4 Å². The average molecular weight is 358 g/mol. The van der Waals surface area contributed by atoms with Crippen molar-refractivity contribution in [2.45, 2.75) is 38.6 Å². The van der Waals surface area contributed by atoms with Crippen LogP contribution >= 0.6 is 0 Å². The molecule has 2 rings (SSSR count). The minimum atomic E-state index is -1.66. The number of piperidine rings is 1. The molecule has 8 heteroatoms. The Morgan fingerprint density at radius 1 is 1.20 bits per heavy atom. The Morgan fingerprint density at radius 3 is 2.52 bits per heavy atom. The van der Waals surface area contributed by atoms with Crippen molar-refractivity contribution in [2.75, 3.05) is 19.7 Å². The number of hydrogen-bond donors (Lipinski definition) is 1. The zero-order valence-corrected chi connectivity index (χ0v) is 14.0. The summed E-state index contributed by atoms with van der Waals surface area (Å²) in [5, 5.41) is 2.72. The van der Waals surface area contributed by atoms with Gasteiger partial charge in [0, 0.05) is 19.1 Å². The third-order valence-corrected chi connectivity index (χ3v) is 4.10. The third kappa shape index (κ3) is 4.87. The summed E-state index contributed by atoms with van der Waals surface area (Å²) in [6.45, 7) is 2.90. The van der Waals surface area contributed by atoms with Crippen LogP contribution < -0.4 is 5.32 Å². The zero-order chi connectivity index (χ0) is 18.4. The number of likely N-dealkylation sites (tertiary alicyclic amines) is 1. The largest absolute Gasteiger partial charge is 0.450 e. The van der Waals surface area contributed by atoms with E-state index in [1.165, 1.54) is 4.90 Å². The number of hydrogen-bond acceptors (Lipinski definition) is 3. The van der Waals surface area contributed by atoms with Crippen molar-refractivity contribution in [3.05, 3.63) is 35.1 Å². The van der Waals surface area contributed by atoms with Crippen LogP contribution in [0.4, 0.5) is 18.0 Å². The smallest absolute Gasteiger partial charge is 0.407 e. The summed E-state index contributed by atoms with van der Waals surface area (Å²) < 4.78 is 45.0. The second-order valence-corrected chi connectivity index (χ2v) is 5.92. The molecule has 0 aliphatic carbocycles. The molecule has 0 bridgehead atoms. The van der Waals surface area contributed by atoms with Crippen molar-refractivity contribution in [3.63, 3.8) is 0 Å². The fourth-order valence-corrected chi connectivity index (χ4v) is 2.61. The van der Waals surface area contributed by atoms with Crippen LogP contribution in [0, 0.1) is 17.5 Å². The summed E-state index contributed by atoms with van der Waals surface area (Å²) in [6.07, 6.45) is 2.17. The van der Waals surface area contributed by atoms with Gasteiger partial charge in [-0.25, -0.2) is 18.0 Å². The monoisotopic (exact) mass is 358 g/mol. The van der Waals surface area contributed by atoms with E-state index in [9.17, 15) is 22.8 Å². The molecule has 0 atom stereocenters. The van der Waals surface area contributed by atoms with Crippen molar-refractivity contribution in [2.24, 2.45) is 0 Å². The van der Waals surface area contributed by atoms with Crippen LogP contribution in [0.3, 0.4) is 0 Å². The van der Waals surface area contributed by atoms with Crippen LogP contribution in [-0.4, -0.2) is 42.6 Å². The number of nitrogens with zero attached hydrogens (tertiary/aromatic N) is 1. The number of rotatable bonds is 5. The molecule has 0 spiro atoms. The Morgan fingerprint density at radius 2 is 1.88 bits per heavy atom. The first-order valence-corrected chi connectivity index (χ1v) is 8.30. The number of unbranched alkanes of at least 4 members (excludes halogenated alkanes) is 1. The van der Waals surface area contributed by atoms with Crippen molar-refractivity contribution < 1.29 is 27.5 Å². The number of carbonyl (C=O) groups is 2. The summed E-state index contributed by atoms with van der Waals surface area (Å²) in [4.78, 5) is 25.2. The highest BCUT2D eigenvalue weighted by atomic mass is 19.2. The fourth-order valence-electron chi connectivity index (χ4n) is 2.61. The molecule has 1 saturated heterocycles. The highest BCUT2D eigenvalue weighted by molar-refractivity contribution is 5.94. The van der Waals surface area contributed by atoms with Gasteiger partial charge >= 0.3 is 6.09 Å². The quantitative estimate of drug-likeness (QED) is 0.649. The van der Waals surface area contributed by atoms with Crippen molar-refractivity contribution in [1.29, 1.82) is 0 Å². The molecular weight excluding hydrogens is 337 g/mol. The lowest BCUT2D eigenvalue weighted by Gasteiger charge is -2.32. The lowest BCUT2D eigenvalue weighted by Crippen LogP contribution is -2.46. The molecule has 0 radical (unpaired) electrons. The van der Waals surface area contributed by atoms with E-state index in [1.54, 1.807) is 0 Å². The van der Waals surface area contributed by atoms with Crippen LogP contribution in [-0.2, 0) is 4.74 Å². The predicted octanol–water partition coefficient (Wildman–Crippen LogP) is 3.23. The van der Waals surface area contributed by atoms with Crippen molar-refractivity contribution >= 4 is 12.0 Å². The Kier molecular flexibility index (Phi) is 6.66. The van der Waals surface area contributed by atoms with E-state index < -0.39 is 35.0 Å². The third-order valence-electron chi connectivity index (χ3n) is 4.10. The van der Waals surface area contributed by atoms with E-state index >= 15 is 0 Å². The maximum absolute atomic E-state index is 13.7. The molecule has 1 aromatic rings. The molecule has 1 aliphatic heterocycles. The molecule has 25 heavy (non-hydrogen) atoms. The van der Waals surface area contributed by atoms with Gasteiger partial charge in [0.2, 0.25) is 0 Å². The Bertz CT molecular complexity index is 632. The van der Waals surface area contributed by atoms with E-state index in [0.717, 1.165) is 25.0 Å². The summed E-state index contributed by atoms with van der Waals surface area (Å²) >= 11 is 0. The van der Waals surface area contributed by atoms with Crippen LogP contribution in [0.1, 0.15) is 43.0 Å². The van der Waals surface area contributed by atoms with Crippen LogP contribution in [0.5, 0.6) is 0 Å². The van der Waals surface area contributed by atoms with Gasteiger partial charge in [-0.2, -0.15) is 0 Å². The summed E-state index contributed by atoms with van der Waals surface area (Å²) in [7, 11) is 0. The highest BCUT2D eigenvalue weighted by Crippen LogP contribution is 2.19. The Hall–Kier alpha value is -2.25. The van der Waals surface area contributed by atoms with Gasteiger partial charge in [0.15, 0.2) is 17.5 Å². The van der Waals surface area contributed by atoms with Gasteiger partial charge in [-0.1, -0.05) is 13.3 Å². The van der Waals surface area contributed by atoms with E-state index in [2.05, 4.69) is 5.32 Å². The van der Waals surface area contributed by atoms with Crippen LogP contribution in [0.2, 0.25) is 0 Å². The van der Waals surface area contributed by atoms with Gasteiger partial charge in [-0.15, -0.1) is 0 Å². The normalized spacial score (nSPS) is 15.1. The molecule has 1 N–H and O–H groups in total. The first kappa shape index (κ1) is 19.1. The molecule has 5 nitrogen and oxygen atoms in total. The first-order valence-electron chi connectivity index (χ1n) is 8.30. The van der Waals surface area contributed by atoms with E-state index in [4.69, 9.17) is 4.74 Å². The van der Waals surface area contributed by atoms with Gasteiger partial charge in [0.05, 0.1) is 12.2 Å². The highest BCUT2D eigenvalue weighted by Gasteiger charge is 2.28. The fraction of sp³-hybridized carbons (Fsp3) is 0.529. The molecule has 138 valence electrons. The van der Waals surface area contributed by atoms with Gasteiger partial charge in [0.1, 0.15) is 0 Å². The number of halogens is 3. The summed E-state index contributed by atoms with van der Waals surface area (Å²) in [6, 6.07) is 1.52. The molecule has 1 fully saturated rings. The molecule has 0 aromatic heterocycles. The summed E-state index contributed by atoms with van der Waals surface area (Å²) in [5.74, 6) is -5.17. The lowest BCUT2D eigenvalue weighted by molar-refractivity contribution is 0.0695. The summed E-state index contributed by atoms with van der Waals surface area (Å²) in [5.41, 5.74) is -0.496. The number of benzene rings is 1. The van der Waals surface area contributed by atoms with Gasteiger partial charge < -0.3 is 15.0 Å². The minimum absolute atomic E-state index is 0.145. The van der Waals surface area contributed by atoms with Gasteiger partial charge in [0.25, 0.3) is 5.91 Å². The van der Waals surface area contributed by atoms with Crippen molar-refractivity contribution in [1.82, 2.24) is 10.2 Å². The lowest BCUT2D eigenvalue weighted by atomic mass is 10.0. The molecular formula is C17H21F3N2O3. The van der Waals surface area contributed by atoms with E-state index in [0.29, 0.717) is 19.4 Å². The first-order chi connectivity index (χ1) is 11.9. The number of amides is 2. The number of alkyl carbamates (subject to hydrolysis) is 1. The Balaban J connectivity index is 1.86. The maximum atomic E-state index is 13.7. The van der Waals surface area contributed by atoms with Crippen LogP contribution in [0.15, 0.2) is 12.1 Å². The molecule has 2 amide bonds. The topological polar surface area (TPSA) is 58.6 Å². The molecule has 1 aliphatic rings. The molecule has 1 heterocycles. The van der Waals surface area contributed by atoms with E-state index in [-0.39, 0.29) is 19.1 Å². The maximum Gasteiger partial charge on any atom is 0.407 e. The van der Waals surface area contributed by atoms with Crippen molar-refractivity contribution in [3.8, 4) is 0 Å². The number of carbonyl (C=O) groups excluding carboxylic acids is 2. The number of nitrogens with one attached hydrogen (secondary N) is 1. The van der Waals surface area contributed by atoms with Gasteiger partial charge in [-0.3, -0.25) is 4.79 Å². The van der Waals surface area contributed by atoms with E-state index in [1.807, 2.05) is 6.92 Å². The van der Waals surface area contributed by atoms with Crippen LogP contribution in [0.25, 0.3) is 0 Å². The predicted molar refractivity (Wildman–Crippen MR) is 84.6 cm³/mol.